The first-order chi connectivity index (χ1) is 27.0. The van der Waals surface area contributed by atoms with Crippen LogP contribution in [-0.2, 0) is 42.9 Å². The molecule has 1 saturated carbocycles. The number of carbonyl (C=O) groups excluding carboxylic acids is 4. The number of rotatable bonds is 6. The zero-order chi connectivity index (χ0) is 42.2. The van der Waals surface area contributed by atoms with Crippen LogP contribution < -0.4 is 0 Å². The number of cyclic esters (lactones) is 1. The molecule has 0 aromatic carbocycles. The summed E-state index contributed by atoms with van der Waals surface area (Å²) in [6.07, 6.45) is 4.67. The van der Waals surface area contributed by atoms with Crippen LogP contribution in [0.5, 0.6) is 0 Å². The molecule has 0 spiro atoms. The molecule has 13 nitrogen and oxygen atoms in total. The molecule has 2 bridgehead atoms. The number of aliphatic hydroxyl groups is 3. The monoisotopic (exact) mass is 803 g/mol. The second kappa shape index (κ2) is 21.0. The molecule has 3 aliphatic heterocycles. The second-order valence-corrected chi connectivity index (χ2v) is 17.3. The van der Waals surface area contributed by atoms with E-state index in [1.807, 2.05) is 39.8 Å². The third-order valence-corrected chi connectivity index (χ3v) is 12.9. The van der Waals surface area contributed by atoms with Crippen molar-refractivity contribution in [3.8, 4) is 0 Å². The van der Waals surface area contributed by atoms with Crippen LogP contribution in [0.3, 0.4) is 0 Å². The summed E-state index contributed by atoms with van der Waals surface area (Å²) in [6.45, 7) is 13.2. The van der Waals surface area contributed by atoms with Gasteiger partial charge in [-0.05, 0) is 89.5 Å². The number of piperidine rings is 1. The average Bonchev–Trinajstić information content (AvgIpc) is 3.18. The van der Waals surface area contributed by atoms with Gasteiger partial charge in [0.1, 0.15) is 24.0 Å². The Morgan fingerprint density at radius 2 is 1.54 bits per heavy atom. The van der Waals surface area contributed by atoms with E-state index in [4.69, 9.17) is 23.7 Å². The van der Waals surface area contributed by atoms with Gasteiger partial charge < -0.3 is 43.9 Å². The highest BCUT2D eigenvalue weighted by Crippen LogP contribution is 2.39. The number of hydrogen-bond donors (Lipinski definition) is 3. The summed E-state index contributed by atoms with van der Waals surface area (Å²) in [4.78, 5) is 57.7. The summed E-state index contributed by atoms with van der Waals surface area (Å²) in [7, 11) is 4.58. The Bertz CT molecular complexity index is 1480. The van der Waals surface area contributed by atoms with Crippen molar-refractivity contribution in [2.45, 2.75) is 160 Å². The fourth-order valence-corrected chi connectivity index (χ4v) is 9.45. The minimum absolute atomic E-state index is 0.0107. The Balaban J connectivity index is 1.78. The van der Waals surface area contributed by atoms with Crippen LogP contribution in [-0.4, -0.2) is 126 Å². The van der Waals surface area contributed by atoms with Gasteiger partial charge in [0.15, 0.2) is 0 Å². The Labute approximate surface area is 339 Å². The Hall–Kier alpha value is -2.78. The molecule has 322 valence electrons. The number of nitrogens with zero attached hydrogens (tertiary/aromatic N) is 1. The van der Waals surface area contributed by atoms with Gasteiger partial charge in [-0.2, -0.15) is 0 Å². The number of hydrogen-bond acceptors (Lipinski definition) is 12. The van der Waals surface area contributed by atoms with Gasteiger partial charge in [0.05, 0.1) is 30.5 Å². The topological polar surface area (TPSA) is 178 Å². The quantitative estimate of drug-likeness (QED) is 0.193. The van der Waals surface area contributed by atoms with Crippen molar-refractivity contribution in [2.24, 2.45) is 29.6 Å². The molecule has 3 fully saturated rings. The van der Waals surface area contributed by atoms with Gasteiger partial charge in [-0.1, -0.05) is 44.6 Å². The molecule has 3 heterocycles. The van der Waals surface area contributed by atoms with E-state index in [1.165, 1.54) is 26.2 Å². The molecule has 14 atom stereocenters. The number of Topliss-reactive ketones (excluding diaryl/α,β-unsaturated/α-hetero) is 2. The van der Waals surface area contributed by atoms with Crippen molar-refractivity contribution >= 4 is 23.4 Å². The lowest BCUT2D eigenvalue weighted by molar-refractivity contribution is -0.302. The Morgan fingerprint density at radius 3 is 2.19 bits per heavy atom. The first-order valence-electron chi connectivity index (χ1n) is 20.9. The number of fused-ring (bicyclic) bond motifs is 3. The molecule has 1 aliphatic carbocycles. The highest BCUT2D eigenvalue weighted by molar-refractivity contribution is 6.39. The van der Waals surface area contributed by atoms with Crippen LogP contribution in [0.1, 0.15) is 105 Å². The molecule has 0 aromatic heterocycles. The number of aliphatic hydroxyl groups excluding tert-OH is 2. The van der Waals surface area contributed by atoms with Gasteiger partial charge in [-0.25, -0.2) is 4.79 Å². The maximum Gasteiger partial charge on any atom is 0.329 e. The lowest BCUT2D eigenvalue weighted by atomic mass is 9.79. The summed E-state index contributed by atoms with van der Waals surface area (Å²) < 4.78 is 29.9. The van der Waals surface area contributed by atoms with Crippen LogP contribution in [0.25, 0.3) is 0 Å². The molecular weight excluding hydrogens is 734 g/mol. The van der Waals surface area contributed by atoms with Crippen LogP contribution in [0.15, 0.2) is 36.0 Å². The smallest absolute Gasteiger partial charge is 0.329 e. The van der Waals surface area contributed by atoms with Crippen LogP contribution >= 0.6 is 0 Å². The number of amides is 1. The molecule has 1 amide bonds. The van der Waals surface area contributed by atoms with E-state index in [-0.39, 0.29) is 43.4 Å². The van der Waals surface area contributed by atoms with E-state index in [9.17, 15) is 34.5 Å². The Kier molecular flexibility index (Phi) is 17.2. The number of carbonyl (C=O) groups is 4. The summed E-state index contributed by atoms with van der Waals surface area (Å²) in [5, 5.41) is 34.0. The number of methoxy groups -OCH3 is 3. The molecule has 2 saturated heterocycles. The normalized spacial score (nSPS) is 41.9. The fourth-order valence-electron chi connectivity index (χ4n) is 9.45. The van der Waals surface area contributed by atoms with Crippen molar-refractivity contribution < 1.29 is 58.2 Å². The van der Waals surface area contributed by atoms with E-state index in [1.54, 1.807) is 13.0 Å². The van der Waals surface area contributed by atoms with Gasteiger partial charge >= 0.3 is 5.97 Å². The molecule has 4 aliphatic rings. The van der Waals surface area contributed by atoms with Crippen LogP contribution in [0.4, 0.5) is 0 Å². The minimum Gasteiger partial charge on any atom is -0.456 e. The third-order valence-electron chi connectivity index (χ3n) is 12.9. The maximum atomic E-state index is 14.3. The predicted molar refractivity (Wildman–Crippen MR) is 213 cm³/mol. The van der Waals surface area contributed by atoms with Crippen LogP contribution in [0.2, 0.25) is 0 Å². The lowest BCUT2D eigenvalue weighted by Crippen LogP contribution is -2.64. The fraction of sp³-hybridized carbons (Fsp3) is 0.773. The summed E-state index contributed by atoms with van der Waals surface area (Å²) in [5.41, 5.74) is 1.62. The number of ketones is 2. The van der Waals surface area contributed by atoms with E-state index < -0.39 is 90.0 Å². The van der Waals surface area contributed by atoms with Crippen molar-refractivity contribution in [3.05, 3.63) is 36.0 Å². The molecule has 4 rings (SSSR count). The van der Waals surface area contributed by atoms with Crippen molar-refractivity contribution in [1.29, 1.82) is 0 Å². The van der Waals surface area contributed by atoms with Gasteiger partial charge in [0.25, 0.3) is 11.7 Å². The van der Waals surface area contributed by atoms with Crippen molar-refractivity contribution in [1.82, 2.24) is 4.90 Å². The molecule has 3 unspecified atom stereocenters. The number of ether oxygens (including phenoxy) is 5. The summed E-state index contributed by atoms with van der Waals surface area (Å²) in [6, 6.07) is -1.10. The lowest BCUT2D eigenvalue weighted by Gasteiger charge is -2.47. The zero-order valence-electron chi connectivity index (χ0n) is 35.4. The minimum atomic E-state index is -2.51. The van der Waals surface area contributed by atoms with Crippen LogP contribution in [0, 0.1) is 29.6 Å². The zero-order valence-corrected chi connectivity index (χ0v) is 35.4. The highest BCUT2D eigenvalue weighted by Gasteiger charge is 2.56. The molecule has 13 heteroatoms. The van der Waals surface area contributed by atoms with E-state index in [0.29, 0.717) is 56.9 Å². The van der Waals surface area contributed by atoms with Gasteiger partial charge in [0, 0.05) is 58.0 Å². The molecular formula is C44H69NO12. The molecule has 0 aromatic rings. The predicted octanol–water partition coefficient (Wildman–Crippen LogP) is 4.64. The SMILES string of the molecule is C=CCC1/C=C(/C)C[C@@H](C)CC(OC)[C@@H]2O[C@](O)(C(=O)C(=O)N3CCCC[C@@H]3C(=O)OC([C@H]3CC[C@H](O)[C@@H](OC)C3)/C(C)=C\[C@@H](C)[C@H](O)CC1=O)[C@@H](C)C[C@H]2OC. The first kappa shape index (κ1) is 46.9. The molecule has 57 heavy (non-hydrogen) atoms. The van der Waals surface area contributed by atoms with Crippen molar-refractivity contribution in [2.75, 3.05) is 27.9 Å². The summed E-state index contributed by atoms with van der Waals surface area (Å²) >= 11 is 0. The number of allylic oxidation sites excluding steroid dienone is 3. The van der Waals surface area contributed by atoms with Gasteiger partial charge in [-0.3, -0.25) is 14.4 Å². The largest absolute Gasteiger partial charge is 0.456 e. The maximum absolute atomic E-state index is 14.3. The van der Waals surface area contributed by atoms with E-state index in [2.05, 4.69) is 6.58 Å². The molecule has 3 N–H and O–H groups in total. The average molecular weight is 804 g/mol. The molecule has 0 radical (unpaired) electrons. The highest BCUT2D eigenvalue weighted by atomic mass is 16.7. The van der Waals surface area contributed by atoms with E-state index >= 15 is 0 Å². The number of esters is 1. The van der Waals surface area contributed by atoms with Gasteiger partial charge in [0.2, 0.25) is 5.79 Å². The third kappa shape index (κ3) is 11.3. The van der Waals surface area contributed by atoms with Gasteiger partial charge in [-0.15, -0.1) is 6.58 Å². The van der Waals surface area contributed by atoms with Crippen molar-refractivity contribution in [3.63, 3.8) is 0 Å². The first-order valence-corrected chi connectivity index (χ1v) is 20.9. The summed E-state index contributed by atoms with van der Waals surface area (Å²) in [5.74, 6) is -7.58. The van der Waals surface area contributed by atoms with E-state index in [0.717, 1.165) is 5.57 Å². The standard InChI is InChI=1S/C44H69NO12/c1-10-13-30-19-25(2)18-26(3)20-37(54-8)40-38(55-9)22-29(6)44(52,57-40)41(49)42(50)45-17-12-11-14-32(45)43(51)56-39(31-15-16-33(46)36(23-31)53-7)28(5)21-27(4)34(47)24-35(30)48/h10,19,21,26-27,29-34,36-40,46-47,52H,1,11-18,20,22-24H2,2-9H3/b25-19-,28-21-/t26-,27-,29+,30?,31+,32-,33+,34-,36+,37?,38-,39?,40+,44+/m1/s1. The second-order valence-electron chi connectivity index (χ2n) is 17.3. The Morgan fingerprint density at radius 1 is 0.877 bits per heavy atom.